The molecule has 1 aliphatic heterocycles. The summed E-state index contributed by atoms with van der Waals surface area (Å²) < 4.78 is 12.7. The van der Waals surface area contributed by atoms with Gasteiger partial charge in [0.05, 0.1) is 6.10 Å². The molecular formula is C15H20FNO2. The molecule has 1 aliphatic rings. The summed E-state index contributed by atoms with van der Waals surface area (Å²) in [6.45, 7) is 1.75. The molecule has 1 aromatic rings. The van der Waals surface area contributed by atoms with Gasteiger partial charge in [0.25, 0.3) is 0 Å². The van der Waals surface area contributed by atoms with Crippen LogP contribution in [0, 0.1) is 5.82 Å². The van der Waals surface area contributed by atoms with Gasteiger partial charge in [0, 0.05) is 19.5 Å². The normalized spacial score (nSPS) is 16.6. The first-order chi connectivity index (χ1) is 9.16. The van der Waals surface area contributed by atoms with Gasteiger partial charge in [-0.1, -0.05) is 12.1 Å². The van der Waals surface area contributed by atoms with Crippen LogP contribution in [-0.2, 0) is 4.79 Å². The molecule has 1 atom stereocenters. The molecule has 1 unspecified atom stereocenters. The van der Waals surface area contributed by atoms with E-state index < -0.39 is 6.10 Å². The van der Waals surface area contributed by atoms with Crippen molar-refractivity contribution in [1.29, 1.82) is 0 Å². The Balaban J connectivity index is 1.72. The molecule has 0 bridgehead atoms. The predicted octanol–water partition coefficient (Wildman–Crippen LogP) is 2.65. The average Bonchev–Trinajstić information content (AvgIpc) is 2.93. The average molecular weight is 265 g/mol. The van der Waals surface area contributed by atoms with Gasteiger partial charge >= 0.3 is 0 Å². The minimum absolute atomic E-state index is 0.184. The van der Waals surface area contributed by atoms with Crippen molar-refractivity contribution < 1.29 is 14.3 Å². The number of hydrogen-bond donors (Lipinski definition) is 1. The number of aliphatic hydroxyl groups excluding tert-OH is 1. The van der Waals surface area contributed by atoms with Gasteiger partial charge in [-0.2, -0.15) is 0 Å². The van der Waals surface area contributed by atoms with Gasteiger partial charge in [-0.05, 0) is 43.4 Å². The molecule has 1 fully saturated rings. The molecule has 2 rings (SSSR count). The lowest BCUT2D eigenvalue weighted by Crippen LogP contribution is -2.27. The molecule has 19 heavy (non-hydrogen) atoms. The monoisotopic (exact) mass is 265 g/mol. The zero-order valence-corrected chi connectivity index (χ0v) is 11.0. The molecule has 1 amide bonds. The first kappa shape index (κ1) is 14.0. The van der Waals surface area contributed by atoms with Crippen molar-refractivity contribution >= 4 is 5.91 Å². The molecule has 4 heteroatoms. The van der Waals surface area contributed by atoms with Crippen LogP contribution < -0.4 is 0 Å². The van der Waals surface area contributed by atoms with Crippen molar-refractivity contribution in [2.45, 2.75) is 38.2 Å². The molecule has 0 aliphatic carbocycles. The van der Waals surface area contributed by atoms with E-state index in [4.69, 9.17) is 0 Å². The van der Waals surface area contributed by atoms with Crippen LogP contribution in [0.3, 0.4) is 0 Å². The van der Waals surface area contributed by atoms with Crippen LogP contribution in [0.25, 0.3) is 0 Å². The summed E-state index contributed by atoms with van der Waals surface area (Å²) in [6.07, 6.45) is 3.26. The Hall–Kier alpha value is -1.42. The van der Waals surface area contributed by atoms with E-state index in [0.29, 0.717) is 24.8 Å². The second-order valence-corrected chi connectivity index (χ2v) is 5.05. The summed E-state index contributed by atoms with van der Waals surface area (Å²) in [5.41, 5.74) is 0.704. The van der Waals surface area contributed by atoms with Crippen molar-refractivity contribution in [2.24, 2.45) is 0 Å². The van der Waals surface area contributed by atoms with Gasteiger partial charge in [-0.3, -0.25) is 4.79 Å². The zero-order valence-electron chi connectivity index (χ0n) is 11.0. The molecule has 0 aromatic heterocycles. The lowest BCUT2D eigenvalue weighted by atomic mass is 10.0. The largest absolute Gasteiger partial charge is 0.388 e. The predicted molar refractivity (Wildman–Crippen MR) is 71.0 cm³/mol. The van der Waals surface area contributed by atoms with Gasteiger partial charge in [-0.15, -0.1) is 0 Å². The lowest BCUT2D eigenvalue weighted by Gasteiger charge is -2.16. The van der Waals surface area contributed by atoms with Crippen molar-refractivity contribution in [3.8, 4) is 0 Å². The number of nitrogens with zero attached hydrogens (tertiary/aromatic N) is 1. The van der Waals surface area contributed by atoms with Crippen molar-refractivity contribution in [3.05, 3.63) is 35.6 Å². The molecule has 1 aromatic carbocycles. The Morgan fingerprint density at radius 1 is 1.26 bits per heavy atom. The topological polar surface area (TPSA) is 40.5 Å². The van der Waals surface area contributed by atoms with Gasteiger partial charge < -0.3 is 10.0 Å². The van der Waals surface area contributed by atoms with Gasteiger partial charge in [-0.25, -0.2) is 4.39 Å². The Labute approximate surface area is 113 Å². The van der Waals surface area contributed by atoms with E-state index in [1.165, 1.54) is 12.1 Å². The molecule has 1 N–H and O–H groups in total. The highest BCUT2D eigenvalue weighted by Crippen LogP contribution is 2.20. The van der Waals surface area contributed by atoms with E-state index in [-0.39, 0.29) is 11.7 Å². The minimum atomic E-state index is -0.619. The zero-order chi connectivity index (χ0) is 13.7. The fraction of sp³-hybridized carbons (Fsp3) is 0.533. The van der Waals surface area contributed by atoms with Gasteiger partial charge in [0.2, 0.25) is 5.91 Å². The maximum atomic E-state index is 12.7. The van der Waals surface area contributed by atoms with E-state index >= 15 is 0 Å². The molecular weight excluding hydrogens is 245 g/mol. The SMILES string of the molecule is O=C(CCCC(O)c1ccc(F)cc1)N1CCCC1. The maximum Gasteiger partial charge on any atom is 0.222 e. The van der Waals surface area contributed by atoms with Gasteiger partial charge in [0.1, 0.15) is 5.82 Å². The molecule has 104 valence electrons. The molecule has 0 radical (unpaired) electrons. The van der Waals surface area contributed by atoms with Crippen LogP contribution in [-0.4, -0.2) is 29.0 Å². The van der Waals surface area contributed by atoms with Crippen LogP contribution in [0.4, 0.5) is 4.39 Å². The highest BCUT2D eigenvalue weighted by Gasteiger charge is 2.17. The number of carbonyl (C=O) groups excluding carboxylic acids is 1. The standard InChI is InChI=1S/C15H20FNO2/c16-13-8-6-12(7-9-13)14(18)4-3-5-15(19)17-10-1-2-11-17/h6-9,14,18H,1-5,10-11H2. The number of benzene rings is 1. The lowest BCUT2D eigenvalue weighted by molar-refractivity contribution is -0.130. The summed E-state index contributed by atoms with van der Waals surface area (Å²) in [4.78, 5) is 13.7. The third kappa shape index (κ3) is 4.03. The number of amides is 1. The van der Waals surface area contributed by atoms with Crippen LogP contribution in [0.5, 0.6) is 0 Å². The third-order valence-corrected chi connectivity index (χ3v) is 3.58. The van der Waals surface area contributed by atoms with Crippen molar-refractivity contribution in [2.75, 3.05) is 13.1 Å². The second kappa shape index (κ2) is 6.66. The van der Waals surface area contributed by atoms with E-state index in [2.05, 4.69) is 0 Å². The third-order valence-electron chi connectivity index (χ3n) is 3.58. The van der Waals surface area contributed by atoms with Gasteiger partial charge in [0.15, 0.2) is 0 Å². The second-order valence-electron chi connectivity index (χ2n) is 5.05. The van der Waals surface area contributed by atoms with E-state index in [1.807, 2.05) is 4.90 Å². The first-order valence-electron chi connectivity index (χ1n) is 6.88. The molecule has 1 saturated heterocycles. The summed E-state index contributed by atoms with van der Waals surface area (Å²) in [5.74, 6) is -0.121. The highest BCUT2D eigenvalue weighted by molar-refractivity contribution is 5.76. The highest BCUT2D eigenvalue weighted by atomic mass is 19.1. The van der Waals surface area contributed by atoms with Crippen LogP contribution in [0.2, 0.25) is 0 Å². The van der Waals surface area contributed by atoms with Crippen molar-refractivity contribution in [3.63, 3.8) is 0 Å². The van der Waals surface area contributed by atoms with Crippen LogP contribution >= 0.6 is 0 Å². The molecule has 1 heterocycles. The number of halogens is 1. The smallest absolute Gasteiger partial charge is 0.222 e. The van der Waals surface area contributed by atoms with Crippen molar-refractivity contribution in [1.82, 2.24) is 4.90 Å². The Morgan fingerprint density at radius 3 is 2.53 bits per heavy atom. The van der Waals surface area contributed by atoms with E-state index in [9.17, 15) is 14.3 Å². The summed E-state index contributed by atoms with van der Waals surface area (Å²) in [7, 11) is 0. The fourth-order valence-electron chi connectivity index (χ4n) is 2.42. The number of aliphatic hydroxyl groups is 1. The fourth-order valence-corrected chi connectivity index (χ4v) is 2.42. The minimum Gasteiger partial charge on any atom is -0.388 e. The Morgan fingerprint density at radius 2 is 1.89 bits per heavy atom. The first-order valence-corrected chi connectivity index (χ1v) is 6.88. The molecule has 0 spiro atoms. The van der Waals surface area contributed by atoms with Crippen LogP contribution in [0.1, 0.15) is 43.8 Å². The number of carbonyl (C=O) groups is 1. The summed E-state index contributed by atoms with van der Waals surface area (Å²) >= 11 is 0. The summed E-state index contributed by atoms with van der Waals surface area (Å²) in [6, 6.07) is 5.85. The van der Waals surface area contributed by atoms with E-state index in [1.54, 1.807) is 12.1 Å². The van der Waals surface area contributed by atoms with Crippen LogP contribution in [0.15, 0.2) is 24.3 Å². The number of likely N-dealkylation sites (tertiary alicyclic amines) is 1. The number of hydrogen-bond acceptors (Lipinski definition) is 2. The Bertz CT molecular complexity index is 413. The number of rotatable bonds is 5. The molecule has 0 saturated carbocycles. The molecule has 3 nitrogen and oxygen atoms in total. The van der Waals surface area contributed by atoms with E-state index in [0.717, 1.165) is 25.9 Å². The Kier molecular flexibility index (Phi) is 4.91. The quantitative estimate of drug-likeness (QED) is 0.889. The summed E-state index contributed by atoms with van der Waals surface area (Å²) in [5, 5.41) is 9.94. The maximum absolute atomic E-state index is 12.7.